The van der Waals surface area contributed by atoms with Crippen LogP contribution < -0.4 is 11.1 Å². The van der Waals surface area contributed by atoms with Gasteiger partial charge >= 0.3 is 0 Å². The van der Waals surface area contributed by atoms with Crippen molar-refractivity contribution in [3.63, 3.8) is 0 Å². The minimum atomic E-state index is 0.777. The van der Waals surface area contributed by atoms with E-state index in [-0.39, 0.29) is 0 Å². The van der Waals surface area contributed by atoms with Gasteiger partial charge in [0, 0.05) is 0 Å². The molecule has 0 bridgehead atoms. The van der Waals surface area contributed by atoms with Gasteiger partial charge < -0.3 is 11.1 Å². The molecule has 0 spiro atoms. The van der Waals surface area contributed by atoms with E-state index in [0.29, 0.717) is 0 Å². The number of nitrogens with one attached hydrogen (secondary N) is 1. The van der Waals surface area contributed by atoms with Gasteiger partial charge in [-0.15, -0.1) is 0 Å². The number of nitrogens with two attached hydrogens (primary N) is 1. The molecule has 3 N–H and O–H groups in total. The van der Waals surface area contributed by atoms with Gasteiger partial charge in [0.15, 0.2) is 0 Å². The van der Waals surface area contributed by atoms with E-state index < -0.39 is 0 Å². The maximum atomic E-state index is 5.50. The van der Waals surface area contributed by atoms with Crippen LogP contribution in [0.4, 0.5) is 0 Å². The minimum Gasteiger partial charge on any atom is -0.330 e. The molecule has 2 heteroatoms. The van der Waals surface area contributed by atoms with Crippen molar-refractivity contribution in [1.29, 1.82) is 0 Å². The van der Waals surface area contributed by atoms with Gasteiger partial charge in [-0.2, -0.15) is 0 Å². The van der Waals surface area contributed by atoms with Gasteiger partial charge in [-0.05, 0) is 50.7 Å². The smallest absolute Gasteiger partial charge is 0.00231 e. The highest BCUT2D eigenvalue weighted by Gasteiger charge is 2.00. The summed E-state index contributed by atoms with van der Waals surface area (Å²) in [5.41, 5.74) is 5.50. The van der Waals surface area contributed by atoms with Crippen molar-refractivity contribution in [1.82, 2.24) is 5.32 Å². The third-order valence-corrected chi connectivity index (χ3v) is 3.28. The lowest BCUT2D eigenvalue weighted by molar-refractivity contribution is 0.458. The lowest BCUT2D eigenvalue weighted by atomic mass is 10.0. The van der Waals surface area contributed by atoms with Crippen molar-refractivity contribution in [2.24, 2.45) is 17.6 Å². The molecule has 0 saturated heterocycles. The number of unbranched alkanes of at least 4 members (excludes halogenated alkanes) is 3. The molecule has 0 aromatic heterocycles. The topological polar surface area (TPSA) is 38.0 Å². The highest BCUT2D eigenvalue weighted by molar-refractivity contribution is 4.58. The first-order chi connectivity index (χ1) is 8.16. The van der Waals surface area contributed by atoms with E-state index in [0.717, 1.165) is 31.3 Å². The normalized spacial score (nSPS) is 13.2. The molecular formula is C15H34N2. The SMILES string of the molecule is CC(C)CCCCCCNCC(C)CCCN. The van der Waals surface area contributed by atoms with Gasteiger partial charge in [0.2, 0.25) is 0 Å². The Bertz CT molecular complexity index is 146. The summed E-state index contributed by atoms with van der Waals surface area (Å²) in [5.74, 6) is 1.65. The fourth-order valence-corrected chi connectivity index (χ4v) is 2.07. The summed E-state index contributed by atoms with van der Waals surface area (Å²) < 4.78 is 0. The Morgan fingerprint density at radius 3 is 2.24 bits per heavy atom. The first-order valence-electron chi connectivity index (χ1n) is 7.57. The molecule has 0 amide bonds. The van der Waals surface area contributed by atoms with Crippen LogP contribution in [0.15, 0.2) is 0 Å². The van der Waals surface area contributed by atoms with E-state index in [9.17, 15) is 0 Å². The molecule has 0 fully saturated rings. The summed E-state index contributed by atoms with van der Waals surface area (Å²) in [7, 11) is 0. The van der Waals surface area contributed by atoms with E-state index in [4.69, 9.17) is 5.73 Å². The molecule has 2 nitrogen and oxygen atoms in total. The summed E-state index contributed by atoms with van der Waals surface area (Å²) in [4.78, 5) is 0. The van der Waals surface area contributed by atoms with Crippen LogP contribution in [0.25, 0.3) is 0 Å². The molecule has 0 rings (SSSR count). The maximum absolute atomic E-state index is 5.50. The first kappa shape index (κ1) is 16.9. The molecule has 1 unspecified atom stereocenters. The quantitative estimate of drug-likeness (QED) is 0.514. The first-order valence-corrected chi connectivity index (χ1v) is 7.57. The second kappa shape index (κ2) is 12.4. The van der Waals surface area contributed by atoms with Crippen LogP contribution >= 0.6 is 0 Å². The van der Waals surface area contributed by atoms with Crippen LogP contribution in [0.2, 0.25) is 0 Å². The Morgan fingerprint density at radius 1 is 0.882 bits per heavy atom. The van der Waals surface area contributed by atoms with Crippen molar-refractivity contribution in [3.05, 3.63) is 0 Å². The largest absolute Gasteiger partial charge is 0.330 e. The lowest BCUT2D eigenvalue weighted by Gasteiger charge is -2.11. The summed E-state index contributed by atoms with van der Waals surface area (Å²) in [5, 5.41) is 3.55. The van der Waals surface area contributed by atoms with E-state index in [1.807, 2.05) is 0 Å². The van der Waals surface area contributed by atoms with Gasteiger partial charge in [0.05, 0.1) is 0 Å². The van der Waals surface area contributed by atoms with E-state index in [1.165, 1.54) is 45.1 Å². The number of hydrogen-bond acceptors (Lipinski definition) is 2. The standard InChI is InChI=1S/C15H34N2/c1-14(2)9-6-4-5-7-12-17-13-15(3)10-8-11-16/h14-15,17H,4-13,16H2,1-3H3. The Hall–Kier alpha value is -0.0800. The molecule has 0 saturated carbocycles. The molecule has 0 aliphatic carbocycles. The van der Waals surface area contributed by atoms with Crippen molar-refractivity contribution >= 4 is 0 Å². The Balaban J connectivity index is 3.07. The van der Waals surface area contributed by atoms with Crippen LogP contribution in [0.5, 0.6) is 0 Å². The fourth-order valence-electron chi connectivity index (χ4n) is 2.07. The Labute approximate surface area is 109 Å². The highest BCUT2D eigenvalue weighted by atomic mass is 14.8. The molecule has 104 valence electrons. The van der Waals surface area contributed by atoms with Gasteiger partial charge in [0.25, 0.3) is 0 Å². The third-order valence-electron chi connectivity index (χ3n) is 3.28. The van der Waals surface area contributed by atoms with E-state index in [1.54, 1.807) is 0 Å². The number of hydrogen-bond donors (Lipinski definition) is 2. The minimum absolute atomic E-state index is 0.777. The van der Waals surface area contributed by atoms with Crippen LogP contribution in [-0.2, 0) is 0 Å². The van der Waals surface area contributed by atoms with Crippen molar-refractivity contribution in [3.8, 4) is 0 Å². The van der Waals surface area contributed by atoms with Crippen LogP contribution in [-0.4, -0.2) is 19.6 Å². The average Bonchev–Trinajstić information content (AvgIpc) is 2.29. The molecule has 17 heavy (non-hydrogen) atoms. The predicted octanol–water partition coefficient (Wildman–Crippen LogP) is 3.56. The molecule has 0 radical (unpaired) electrons. The van der Waals surface area contributed by atoms with E-state index in [2.05, 4.69) is 26.1 Å². The van der Waals surface area contributed by atoms with Gasteiger partial charge in [-0.25, -0.2) is 0 Å². The number of rotatable bonds is 12. The van der Waals surface area contributed by atoms with Crippen LogP contribution in [0.3, 0.4) is 0 Å². The van der Waals surface area contributed by atoms with Crippen molar-refractivity contribution in [2.45, 2.75) is 65.7 Å². The lowest BCUT2D eigenvalue weighted by Crippen LogP contribution is -2.22. The van der Waals surface area contributed by atoms with Gasteiger partial charge in [-0.3, -0.25) is 0 Å². The molecule has 0 aromatic rings. The zero-order chi connectivity index (χ0) is 12.9. The zero-order valence-electron chi connectivity index (χ0n) is 12.3. The van der Waals surface area contributed by atoms with Gasteiger partial charge in [0.1, 0.15) is 0 Å². The van der Waals surface area contributed by atoms with Crippen LogP contribution in [0.1, 0.15) is 65.7 Å². The van der Waals surface area contributed by atoms with E-state index >= 15 is 0 Å². The monoisotopic (exact) mass is 242 g/mol. The zero-order valence-corrected chi connectivity index (χ0v) is 12.3. The van der Waals surface area contributed by atoms with Crippen LogP contribution in [0, 0.1) is 11.8 Å². The highest BCUT2D eigenvalue weighted by Crippen LogP contribution is 2.09. The average molecular weight is 242 g/mol. The maximum Gasteiger partial charge on any atom is -0.00231 e. The molecular weight excluding hydrogens is 208 g/mol. The molecule has 0 aliphatic heterocycles. The summed E-state index contributed by atoms with van der Waals surface area (Å²) in [6, 6.07) is 0. The molecule has 0 heterocycles. The second-order valence-corrected chi connectivity index (χ2v) is 5.84. The van der Waals surface area contributed by atoms with Crippen molar-refractivity contribution < 1.29 is 0 Å². The Kier molecular flexibility index (Phi) is 12.3. The molecule has 0 aliphatic rings. The van der Waals surface area contributed by atoms with Crippen molar-refractivity contribution in [2.75, 3.05) is 19.6 Å². The predicted molar refractivity (Wildman–Crippen MR) is 78.2 cm³/mol. The second-order valence-electron chi connectivity index (χ2n) is 5.84. The summed E-state index contributed by atoms with van der Waals surface area (Å²) in [6.45, 7) is 10.1. The summed E-state index contributed by atoms with van der Waals surface area (Å²) in [6.07, 6.45) is 9.35. The molecule has 1 atom stereocenters. The van der Waals surface area contributed by atoms with Gasteiger partial charge in [-0.1, -0.05) is 46.5 Å². The third kappa shape index (κ3) is 13.9. The Morgan fingerprint density at radius 2 is 1.59 bits per heavy atom. The fraction of sp³-hybridized carbons (Fsp3) is 1.00. The molecule has 0 aromatic carbocycles. The summed E-state index contributed by atoms with van der Waals surface area (Å²) >= 11 is 0.